The maximum absolute atomic E-state index is 12.6. The predicted molar refractivity (Wildman–Crippen MR) is 105 cm³/mol. The van der Waals surface area contributed by atoms with Crippen molar-refractivity contribution in [1.82, 2.24) is 0 Å². The summed E-state index contributed by atoms with van der Waals surface area (Å²) in [6.07, 6.45) is 2.20. The zero-order chi connectivity index (χ0) is 18.8. The minimum atomic E-state index is -0.383. The highest BCUT2D eigenvalue weighted by Gasteiger charge is 2.35. The first kappa shape index (κ1) is 17.7. The number of amides is 2. The minimum absolute atomic E-state index is 0.0652. The molecule has 0 saturated carbocycles. The lowest BCUT2D eigenvalue weighted by Crippen LogP contribution is -2.28. The predicted octanol–water partition coefficient (Wildman–Crippen LogP) is 3.17. The monoisotopic (exact) mass is 384 g/mol. The molecule has 1 saturated heterocycles. The van der Waals surface area contributed by atoms with Crippen LogP contribution in [0.4, 0.5) is 11.4 Å². The Bertz CT molecular complexity index is 869. The standard InChI is InChI=1S/C20H20N2O4S/c1-27-16-5-2-14(3-6-16)21-20(24)13-10-19(23)22(12-13)15-4-7-17-18(11-15)26-9-8-25-17/h2-7,11,13H,8-10,12H2,1H3,(H,21,24). The van der Waals surface area contributed by atoms with E-state index in [0.29, 0.717) is 31.3 Å². The number of carbonyl (C=O) groups excluding carboxylic acids is 2. The summed E-state index contributed by atoms with van der Waals surface area (Å²) in [4.78, 5) is 27.8. The maximum Gasteiger partial charge on any atom is 0.229 e. The number of thioether (sulfide) groups is 1. The zero-order valence-corrected chi connectivity index (χ0v) is 15.8. The lowest BCUT2D eigenvalue weighted by molar-refractivity contribution is -0.122. The normalized spacial score (nSPS) is 18.5. The molecule has 2 amide bonds. The van der Waals surface area contributed by atoms with E-state index in [1.54, 1.807) is 28.8 Å². The fourth-order valence-corrected chi connectivity index (χ4v) is 3.66. The second kappa shape index (κ2) is 7.52. The van der Waals surface area contributed by atoms with Gasteiger partial charge in [-0.05, 0) is 42.7 Å². The van der Waals surface area contributed by atoms with Crippen LogP contribution in [0.5, 0.6) is 11.5 Å². The lowest BCUT2D eigenvalue weighted by Gasteiger charge is -2.22. The van der Waals surface area contributed by atoms with Crippen LogP contribution >= 0.6 is 11.8 Å². The molecule has 140 valence electrons. The van der Waals surface area contributed by atoms with Gasteiger partial charge in [-0.15, -0.1) is 11.8 Å². The number of hydrogen-bond donors (Lipinski definition) is 1. The number of benzene rings is 2. The van der Waals surface area contributed by atoms with Crippen molar-refractivity contribution in [3.8, 4) is 11.5 Å². The molecular formula is C20H20N2O4S. The van der Waals surface area contributed by atoms with E-state index in [4.69, 9.17) is 9.47 Å². The number of ether oxygens (including phenoxy) is 2. The summed E-state index contributed by atoms with van der Waals surface area (Å²) in [5, 5.41) is 2.91. The number of nitrogens with one attached hydrogen (secondary N) is 1. The average Bonchev–Trinajstić information content (AvgIpc) is 3.10. The van der Waals surface area contributed by atoms with Crippen molar-refractivity contribution >= 4 is 35.0 Å². The first-order valence-corrected chi connectivity index (χ1v) is 10.0. The zero-order valence-electron chi connectivity index (χ0n) is 14.9. The first-order valence-electron chi connectivity index (χ1n) is 8.79. The molecule has 7 heteroatoms. The highest BCUT2D eigenvalue weighted by molar-refractivity contribution is 7.98. The van der Waals surface area contributed by atoms with E-state index >= 15 is 0 Å². The van der Waals surface area contributed by atoms with E-state index in [9.17, 15) is 9.59 Å². The number of anilines is 2. The van der Waals surface area contributed by atoms with E-state index in [-0.39, 0.29) is 24.2 Å². The van der Waals surface area contributed by atoms with E-state index in [1.807, 2.05) is 36.6 Å². The molecule has 2 aliphatic heterocycles. The largest absolute Gasteiger partial charge is 0.486 e. The molecular weight excluding hydrogens is 364 g/mol. The Morgan fingerprint density at radius 1 is 1.11 bits per heavy atom. The highest BCUT2D eigenvalue weighted by atomic mass is 32.2. The molecule has 0 aliphatic carbocycles. The van der Waals surface area contributed by atoms with Crippen LogP contribution in [0.25, 0.3) is 0 Å². The number of carbonyl (C=O) groups is 2. The van der Waals surface area contributed by atoms with Crippen LogP contribution < -0.4 is 19.7 Å². The molecule has 1 atom stereocenters. The Hall–Kier alpha value is -2.67. The Morgan fingerprint density at radius 3 is 2.59 bits per heavy atom. The molecule has 2 aliphatic rings. The average molecular weight is 384 g/mol. The summed E-state index contributed by atoms with van der Waals surface area (Å²) < 4.78 is 11.1. The summed E-state index contributed by atoms with van der Waals surface area (Å²) in [5.41, 5.74) is 1.46. The number of hydrogen-bond acceptors (Lipinski definition) is 5. The Balaban J connectivity index is 1.44. The fraction of sp³-hybridized carbons (Fsp3) is 0.300. The Labute approximate surface area is 161 Å². The van der Waals surface area contributed by atoms with Gasteiger partial charge in [-0.2, -0.15) is 0 Å². The number of rotatable bonds is 4. The third-order valence-electron chi connectivity index (χ3n) is 4.69. The molecule has 0 spiro atoms. The van der Waals surface area contributed by atoms with Gasteiger partial charge in [0.25, 0.3) is 0 Å². The van der Waals surface area contributed by atoms with Crippen LogP contribution in [0.15, 0.2) is 47.4 Å². The van der Waals surface area contributed by atoms with Crippen LogP contribution in [0.3, 0.4) is 0 Å². The second-order valence-corrected chi connectivity index (χ2v) is 7.33. The van der Waals surface area contributed by atoms with E-state index in [2.05, 4.69) is 5.32 Å². The van der Waals surface area contributed by atoms with Crippen molar-refractivity contribution in [3.63, 3.8) is 0 Å². The van der Waals surface area contributed by atoms with Crippen molar-refractivity contribution in [2.45, 2.75) is 11.3 Å². The maximum atomic E-state index is 12.6. The van der Waals surface area contributed by atoms with Gasteiger partial charge >= 0.3 is 0 Å². The molecule has 1 fully saturated rings. The topological polar surface area (TPSA) is 67.9 Å². The van der Waals surface area contributed by atoms with Crippen LogP contribution in [-0.2, 0) is 9.59 Å². The van der Waals surface area contributed by atoms with Gasteiger partial charge in [0.1, 0.15) is 13.2 Å². The third-order valence-corrected chi connectivity index (χ3v) is 5.43. The lowest BCUT2D eigenvalue weighted by atomic mass is 10.1. The van der Waals surface area contributed by atoms with Gasteiger partial charge in [-0.25, -0.2) is 0 Å². The second-order valence-electron chi connectivity index (χ2n) is 6.45. The van der Waals surface area contributed by atoms with Crippen molar-refractivity contribution in [2.75, 3.05) is 36.2 Å². The van der Waals surface area contributed by atoms with Gasteiger partial charge in [0.15, 0.2) is 11.5 Å². The van der Waals surface area contributed by atoms with Gasteiger partial charge in [-0.3, -0.25) is 9.59 Å². The van der Waals surface area contributed by atoms with Gasteiger partial charge in [-0.1, -0.05) is 0 Å². The molecule has 0 aromatic heterocycles. The van der Waals surface area contributed by atoms with Crippen molar-refractivity contribution in [2.24, 2.45) is 5.92 Å². The molecule has 27 heavy (non-hydrogen) atoms. The molecule has 1 unspecified atom stereocenters. The van der Waals surface area contributed by atoms with Gasteiger partial charge in [0.05, 0.1) is 5.92 Å². The first-order chi connectivity index (χ1) is 13.1. The van der Waals surface area contributed by atoms with Crippen molar-refractivity contribution in [1.29, 1.82) is 0 Å². The van der Waals surface area contributed by atoms with Crippen molar-refractivity contribution < 1.29 is 19.1 Å². The van der Waals surface area contributed by atoms with Crippen LogP contribution in [-0.4, -0.2) is 37.8 Å². The van der Waals surface area contributed by atoms with Gasteiger partial charge in [0.2, 0.25) is 11.8 Å². The van der Waals surface area contributed by atoms with E-state index < -0.39 is 0 Å². The molecule has 0 radical (unpaired) electrons. The molecule has 1 N–H and O–H groups in total. The summed E-state index contributed by atoms with van der Waals surface area (Å²) in [7, 11) is 0. The van der Waals surface area contributed by atoms with Gasteiger partial charge < -0.3 is 19.7 Å². The van der Waals surface area contributed by atoms with Crippen LogP contribution in [0.2, 0.25) is 0 Å². The summed E-state index contributed by atoms with van der Waals surface area (Å²) in [5.74, 6) is 0.726. The smallest absolute Gasteiger partial charge is 0.229 e. The number of nitrogens with zero attached hydrogens (tertiary/aromatic N) is 1. The Kier molecular flexibility index (Phi) is 4.94. The SMILES string of the molecule is CSc1ccc(NC(=O)C2CC(=O)N(c3ccc4c(c3)OCCO4)C2)cc1. The highest BCUT2D eigenvalue weighted by Crippen LogP contribution is 2.36. The Morgan fingerprint density at radius 2 is 1.85 bits per heavy atom. The van der Waals surface area contributed by atoms with Crippen LogP contribution in [0, 0.1) is 5.92 Å². The molecule has 2 heterocycles. The summed E-state index contributed by atoms with van der Waals surface area (Å²) in [6, 6.07) is 13.1. The third kappa shape index (κ3) is 3.73. The molecule has 6 nitrogen and oxygen atoms in total. The number of fused-ring (bicyclic) bond motifs is 1. The van der Waals surface area contributed by atoms with Crippen molar-refractivity contribution in [3.05, 3.63) is 42.5 Å². The molecule has 2 aromatic rings. The van der Waals surface area contributed by atoms with E-state index in [1.165, 1.54) is 0 Å². The quantitative estimate of drug-likeness (QED) is 0.820. The molecule has 4 rings (SSSR count). The summed E-state index contributed by atoms with van der Waals surface area (Å²) >= 11 is 1.65. The molecule has 2 aromatic carbocycles. The van der Waals surface area contributed by atoms with Gasteiger partial charge in [0, 0.05) is 35.3 Å². The fourth-order valence-electron chi connectivity index (χ4n) is 3.25. The summed E-state index contributed by atoms with van der Waals surface area (Å²) in [6.45, 7) is 1.37. The van der Waals surface area contributed by atoms with E-state index in [0.717, 1.165) is 16.3 Å². The molecule has 0 bridgehead atoms. The minimum Gasteiger partial charge on any atom is -0.486 e. The van der Waals surface area contributed by atoms with Crippen LogP contribution in [0.1, 0.15) is 6.42 Å².